The van der Waals surface area contributed by atoms with E-state index in [0.29, 0.717) is 18.8 Å². The fourth-order valence-corrected chi connectivity index (χ4v) is 2.78. The molecule has 0 aliphatic heterocycles. The summed E-state index contributed by atoms with van der Waals surface area (Å²) in [5.41, 5.74) is -0.285. The molecular weight excluding hydrogens is 343 g/mol. The molecular formula is C16H19ClF3N3O. The first kappa shape index (κ1) is 18.6. The molecule has 0 saturated carbocycles. The number of rotatable bonds is 5. The number of aryl methyl sites for hydroxylation is 1. The summed E-state index contributed by atoms with van der Waals surface area (Å²) in [5.74, 6) is -0.341. The minimum atomic E-state index is -4.55. The Morgan fingerprint density at radius 2 is 2.04 bits per heavy atom. The lowest BCUT2D eigenvalue weighted by molar-refractivity contribution is -0.137. The second-order valence-electron chi connectivity index (χ2n) is 5.55. The minimum absolute atomic E-state index is 0.121. The lowest BCUT2D eigenvalue weighted by atomic mass is 10.2. The van der Waals surface area contributed by atoms with E-state index in [1.807, 2.05) is 13.8 Å². The van der Waals surface area contributed by atoms with E-state index in [4.69, 9.17) is 11.6 Å². The van der Waals surface area contributed by atoms with Crippen LogP contribution in [0.4, 0.5) is 13.2 Å². The van der Waals surface area contributed by atoms with E-state index in [0.717, 1.165) is 29.5 Å². The SMILES string of the molecule is CCCCN(CC)C(=O)c1c(C)nc2c(Cl)cc(C(F)(F)F)cn12. The Kier molecular flexibility index (Phi) is 5.42. The van der Waals surface area contributed by atoms with Crippen LogP contribution < -0.4 is 0 Å². The van der Waals surface area contributed by atoms with Gasteiger partial charge in [-0.15, -0.1) is 0 Å². The molecule has 0 N–H and O–H groups in total. The van der Waals surface area contributed by atoms with Crippen molar-refractivity contribution in [1.29, 1.82) is 0 Å². The molecule has 2 rings (SSSR count). The molecule has 0 aliphatic carbocycles. The van der Waals surface area contributed by atoms with Crippen molar-refractivity contribution in [3.63, 3.8) is 0 Å². The zero-order chi connectivity index (χ0) is 18.1. The topological polar surface area (TPSA) is 37.6 Å². The maximum atomic E-state index is 13.0. The maximum Gasteiger partial charge on any atom is 0.417 e. The van der Waals surface area contributed by atoms with Gasteiger partial charge in [-0.05, 0) is 26.3 Å². The van der Waals surface area contributed by atoms with E-state index < -0.39 is 11.7 Å². The molecule has 4 nitrogen and oxygen atoms in total. The predicted molar refractivity (Wildman–Crippen MR) is 86.4 cm³/mol. The van der Waals surface area contributed by atoms with Gasteiger partial charge < -0.3 is 4.90 Å². The number of aromatic nitrogens is 2. The molecule has 0 saturated heterocycles. The van der Waals surface area contributed by atoms with Crippen LogP contribution in [0.5, 0.6) is 0 Å². The fraction of sp³-hybridized carbons (Fsp3) is 0.500. The Labute approximate surface area is 143 Å². The highest BCUT2D eigenvalue weighted by molar-refractivity contribution is 6.33. The van der Waals surface area contributed by atoms with Gasteiger partial charge in [0.2, 0.25) is 0 Å². The van der Waals surface area contributed by atoms with Gasteiger partial charge in [-0.25, -0.2) is 4.98 Å². The Morgan fingerprint density at radius 3 is 2.58 bits per heavy atom. The number of nitrogens with zero attached hydrogens (tertiary/aromatic N) is 3. The molecule has 2 heterocycles. The highest BCUT2D eigenvalue weighted by Crippen LogP contribution is 2.33. The third kappa shape index (κ3) is 3.50. The van der Waals surface area contributed by atoms with Crippen LogP contribution in [0.15, 0.2) is 12.3 Å². The Morgan fingerprint density at radius 1 is 1.38 bits per heavy atom. The molecule has 0 atom stereocenters. The molecule has 0 unspecified atom stereocenters. The number of hydrogen-bond donors (Lipinski definition) is 0. The molecule has 0 bridgehead atoms. The molecule has 1 amide bonds. The molecule has 0 radical (unpaired) electrons. The molecule has 0 fully saturated rings. The number of fused-ring (bicyclic) bond motifs is 1. The molecule has 2 aromatic heterocycles. The predicted octanol–water partition coefficient (Wildman–Crippen LogP) is 4.58. The van der Waals surface area contributed by atoms with Crippen molar-refractivity contribution >= 4 is 23.2 Å². The second-order valence-corrected chi connectivity index (χ2v) is 5.96. The van der Waals surface area contributed by atoms with Gasteiger partial charge in [0.15, 0.2) is 5.65 Å². The quantitative estimate of drug-likeness (QED) is 0.781. The normalized spacial score (nSPS) is 12.0. The molecule has 8 heteroatoms. The first-order chi connectivity index (χ1) is 11.2. The number of amides is 1. The minimum Gasteiger partial charge on any atom is -0.338 e. The average Bonchev–Trinajstić information content (AvgIpc) is 2.83. The molecule has 2 aromatic rings. The van der Waals surface area contributed by atoms with Gasteiger partial charge >= 0.3 is 6.18 Å². The molecule has 0 spiro atoms. The largest absolute Gasteiger partial charge is 0.417 e. The van der Waals surface area contributed by atoms with Gasteiger partial charge in [0, 0.05) is 19.3 Å². The van der Waals surface area contributed by atoms with Crippen LogP contribution in [-0.4, -0.2) is 33.3 Å². The van der Waals surface area contributed by atoms with Crippen molar-refractivity contribution in [1.82, 2.24) is 14.3 Å². The van der Waals surface area contributed by atoms with Crippen molar-refractivity contribution in [2.24, 2.45) is 0 Å². The van der Waals surface area contributed by atoms with Crippen LogP contribution in [0, 0.1) is 6.92 Å². The summed E-state index contributed by atoms with van der Waals surface area (Å²) in [6.45, 7) is 6.45. The van der Waals surface area contributed by atoms with Crippen molar-refractivity contribution in [2.45, 2.75) is 39.8 Å². The van der Waals surface area contributed by atoms with E-state index in [1.54, 1.807) is 11.8 Å². The summed E-state index contributed by atoms with van der Waals surface area (Å²) in [6.07, 6.45) is -1.94. The number of halogens is 4. The zero-order valence-corrected chi connectivity index (χ0v) is 14.5. The summed E-state index contributed by atoms with van der Waals surface area (Å²) in [7, 11) is 0. The Bertz CT molecular complexity index is 755. The Balaban J connectivity index is 2.59. The van der Waals surface area contributed by atoms with Gasteiger partial charge in [-0.1, -0.05) is 24.9 Å². The number of carbonyl (C=O) groups excluding carboxylic acids is 1. The third-order valence-electron chi connectivity index (χ3n) is 3.83. The van der Waals surface area contributed by atoms with E-state index in [-0.39, 0.29) is 22.3 Å². The van der Waals surface area contributed by atoms with Crippen LogP contribution in [0.3, 0.4) is 0 Å². The number of unbranched alkanes of at least 4 members (excludes halogenated alkanes) is 1. The molecule has 0 aromatic carbocycles. The summed E-state index contributed by atoms with van der Waals surface area (Å²) >= 11 is 5.95. The first-order valence-electron chi connectivity index (χ1n) is 7.75. The van der Waals surface area contributed by atoms with Gasteiger partial charge in [0.1, 0.15) is 5.69 Å². The van der Waals surface area contributed by atoms with Gasteiger partial charge in [-0.3, -0.25) is 9.20 Å². The number of imidazole rings is 1. The second kappa shape index (κ2) is 7.01. The summed E-state index contributed by atoms with van der Waals surface area (Å²) in [5, 5.41) is -0.136. The van der Waals surface area contributed by atoms with E-state index in [9.17, 15) is 18.0 Å². The number of alkyl halides is 3. The van der Waals surface area contributed by atoms with E-state index in [1.165, 1.54) is 0 Å². The van der Waals surface area contributed by atoms with Crippen LogP contribution in [0.25, 0.3) is 5.65 Å². The Hall–Kier alpha value is -1.76. The number of pyridine rings is 1. The number of hydrogen-bond acceptors (Lipinski definition) is 2. The average molecular weight is 362 g/mol. The standard InChI is InChI=1S/C16H19ClF3N3O/c1-4-6-7-22(5-2)15(24)13-10(3)21-14-12(17)8-11(9-23(13)14)16(18,19)20/h8-9H,4-7H2,1-3H3. The van der Waals surface area contributed by atoms with Gasteiger partial charge in [0.05, 0.1) is 16.3 Å². The molecule has 24 heavy (non-hydrogen) atoms. The number of carbonyl (C=O) groups is 1. The van der Waals surface area contributed by atoms with E-state index >= 15 is 0 Å². The maximum absolute atomic E-state index is 13.0. The van der Waals surface area contributed by atoms with Gasteiger partial charge in [-0.2, -0.15) is 13.2 Å². The lowest BCUT2D eigenvalue weighted by Gasteiger charge is -2.21. The summed E-state index contributed by atoms with van der Waals surface area (Å²) < 4.78 is 40.3. The van der Waals surface area contributed by atoms with Crippen LogP contribution in [0.1, 0.15) is 48.4 Å². The van der Waals surface area contributed by atoms with Crippen molar-refractivity contribution < 1.29 is 18.0 Å². The lowest BCUT2D eigenvalue weighted by Crippen LogP contribution is -2.33. The van der Waals surface area contributed by atoms with Crippen LogP contribution in [0.2, 0.25) is 5.02 Å². The molecule has 132 valence electrons. The first-order valence-corrected chi connectivity index (χ1v) is 8.13. The molecule has 0 aliphatic rings. The highest BCUT2D eigenvalue weighted by atomic mass is 35.5. The zero-order valence-electron chi connectivity index (χ0n) is 13.7. The summed E-state index contributed by atoms with van der Waals surface area (Å²) in [6, 6.07) is 0.826. The van der Waals surface area contributed by atoms with Crippen molar-refractivity contribution in [3.8, 4) is 0 Å². The van der Waals surface area contributed by atoms with Gasteiger partial charge in [0.25, 0.3) is 5.91 Å². The third-order valence-corrected chi connectivity index (χ3v) is 4.11. The van der Waals surface area contributed by atoms with Crippen molar-refractivity contribution in [3.05, 3.63) is 34.2 Å². The van der Waals surface area contributed by atoms with E-state index in [2.05, 4.69) is 4.98 Å². The highest BCUT2D eigenvalue weighted by Gasteiger charge is 2.33. The monoisotopic (exact) mass is 361 g/mol. The smallest absolute Gasteiger partial charge is 0.338 e. The van der Waals surface area contributed by atoms with Crippen LogP contribution >= 0.6 is 11.6 Å². The van der Waals surface area contributed by atoms with Crippen LogP contribution in [-0.2, 0) is 6.18 Å². The fourth-order valence-electron chi connectivity index (χ4n) is 2.53. The van der Waals surface area contributed by atoms with Crippen molar-refractivity contribution in [2.75, 3.05) is 13.1 Å². The summed E-state index contributed by atoms with van der Waals surface area (Å²) in [4.78, 5) is 18.6.